The van der Waals surface area contributed by atoms with Crippen LogP contribution in [0, 0.1) is 5.41 Å². The average Bonchev–Trinajstić information content (AvgIpc) is 2.27. The second-order valence-corrected chi connectivity index (χ2v) is 5.36. The molecule has 17 heavy (non-hydrogen) atoms. The number of hydrogen-bond donors (Lipinski definition) is 0. The third-order valence-corrected chi connectivity index (χ3v) is 2.91. The fourth-order valence-corrected chi connectivity index (χ4v) is 1.56. The molecule has 0 saturated heterocycles. The number of ether oxygens (including phenoxy) is 1. The molecule has 0 unspecified atom stereocenters. The van der Waals surface area contributed by atoms with Crippen molar-refractivity contribution in [3.8, 4) is 0 Å². The lowest BCUT2D eigenvalue weighted by molar-refractivity contribution is -0.145. The van der Waals surface area contributed by atoms with Crippen LogP contribution in [0.25, 0.3) is 0 Å². The van der Waals surface area contributed by atoms with Gasteiger partial charge in [-0.25, -0.2) is 0 Å². The number of unbranched alkanes of at least 4 members (excludes halogenated alkanes) is 5. The summed E-state index contributed by atoms with van der Waals surface area (Å²) in [4.78, 5) is 11.5. The minimum absolute atomic E-state index is 0.108. The second-order valence-electron chi connectivity index (χ2n) is 5.36. The van der Waals surface area contributed by atoms with E-state index in [1.54, 1.807) is 6.08 Å². The molecule has 0 atom stereocenters. The molecule has 0 fully saturated rings. The van der Waals surface area contributed by atoms with Gasteiger partial charge in [-0.2, -0.15) is 0 Å². The molecule has 0 aromatic heterocycles. The summed E-state index contributed by atoms with van der Waals surface area (Å²) in [7, 11) is 0. The molecule has 0 amide bonds. The molecular weight excluding hydrogens is 212 g/mol. The molecule has 0 N–H and O–H groups in total. The van der Waals surface area contributed by atoms with Gasteiger partial charge in [0.1, 0.15) is 0 Å². The van der Waals surface area contributed by atoms with E-state index < -0.39 is 0 Å². The van der Waals surface area contributed by atoms with Gasteiger partial charge in [0.15, 0.2) is 0 Å². The molecule has 0 rings (SSSR count). The van der Waals surface area contributed by atoms with E-state index in [4.69, 9.17) is 4.74 Å². The molecule has 0 aliphatic rings. The van der Waals surface area contributed by atoms with Crippen molar-refractivity contribution < 1.29 is 9.53 Å². The predicted octanol–water partition coefficient (Wildman–Crippen LogP) is 4.49. The average molecular weight is 240 g/mol. The summed E-state index contributed by atoms with van der Waals surface area (Å²) in [6.07, 6.45) is 9.52. The van der Waals surface area contributed by atoms with Gasteiger partial charge in [-0.3, -0.25) is 4.79 Å². The number of hydrogen-bond acceptors (Lipinski definition) is 2. The topological polar surface area (TPSA) is 26.3 Å². The Morgan fingerprint density at radius 3 is 2.35 bits per heavy atom. The normalized spacial score (nSPS) is 11.2. The molecule has 2 nitrogen and oxygen atoms in total. The van der Waals surface area contributed by atoms with Gasteiger partial charge in [-0.1, -0.05) is 59.0 Å². The van der Waals surface area contributed by atoms with Crippen LogP contribution in [0.15, 0.2) is 12.7 Å². The summed E-state index contributed by atoms with van der Waals surface area (Å²) in [6.45, 7) is 10.5. The second kappa shape index (κ2) is 9.26. The summed E-state index contributed by atoms with van der Waals surface area (Å²) in [5.74, 6) is -0.108. The zero-order chi connectivity index (χ0) is 13.1. The lowest BCUT2D eigenvalue weighted by Gasteiger charge is -2.17. The molecule has 0 heterocycles. The van der Waals surface area contributed by atoms with Crippen LogP contribution in [-0.4, -0.2) is 12.6 Å². The molecule has 0 aliphatic heterocycles. The van der Waals surface area contributed by atoms with E-state index in [0.29, 0.717) is 13.0 Å². The molecule has 0 spiro atoms. The number of rotatable bonds is 10. The van der Waals surface area contributed by atoms with E-state index in [2.05, 4.69) is 13.5 Å². The van der Waals surface area contributed by atoms with E-state index in [1.807, 2.05) is 13.8 Å². The van der Waals surface area contributed by atoms with Crippen molar-refractivity contribution in [2.24, 2.45) is 5.41 Å². The number of carbonyl (C=O) groups is 1. The maximum atomic E-state index is 11.5. The van der Waals surface area contributed by atoms with Crippen LogP contribution < -0.4 is 0 Å². The largest absolute Gasteiger partial charge is 0.466 e. The fraction of sp³-hybridized carbons (Fsp3) is 0.800. The molecule has 0 aromatic carbocycles. The first kappa shape index (κ1) is 16.2. The van der Waals surface area contributed by atoms with Crippen LogP contribution in [0.2, 0.25) is 0 Å². The number of allylic oxidation sites excluding steroid dienone is 1. The van der Waals surface area contributed by atoms with Crippen molar-refractivity contribution in [1.82, 2.24) is 0 Å². The molecule has 0 bridgehead atoms. The van der Waals surface area contributed by atoms with Crippen molar-refractivity contribution in [3.05, 3.63) is 12.7 Å². The third kappa shape index (κ3) is 10.1. The van der Waals surface area contributed by atoms with Crippen LogP contribution >= 0.6 is 0 Å². The van der Waals surface area contributed by atoms with Gasteiger partial charge >= 0.3 is 5.97 Å². The van der Waals surface area contributed by atoms with Crippen molar-refractivity contribution in [2.75, 3.05) is 6.61 Å². The predicted molar refractivity (Wildman–Crippen MR) is 72.9 cm³/mol. The summed E-state index contributed by atoms with van der Waals surface area (Å²) in [5, 5.41) is 0. The zero-order valence-corrected chi connectivity index (χ0v) is 11.8. The van der Waals surface area contributed by atoms with Crippen LogP contribution in [0.5, 0.6) is 0 Å². The zero-order valence-electron chi connectivity index (χ0n) is 11.8. The van der Waals surface area contributed by atoms with Crippen molar-refractivity contribution in [3.63, 3.8) is 0 Å². The molecule has 0 saturated carbocycles. The van der Waals surface area contributed by atoms with E-state index in [0.717, 1.165) is 12.8 Å². The summed E-state index contributed by atoms with van der Waals surface area (Å²) >= 11 is 0. The lowest BCUT2D eigenvalue weighted by atomic mass is 9.90. The Bertz CT molecular complexity index is 219. The summed E-state index contributed by atoms with van der Waals surface area (Å²) < 4.78 is 5.20. The molecule has 2 heteroatoms. The van der Waals surface area contributed by atoms with Gasteiger partial charge in [0.2, 0.25) is 0 Å². The maximum absolute atomic E-state index is 11.5. The highest BCUT2D eigenvalue weighted by molar-refractivity contribution is 5.70. The molecule has 0 aliphatic carbocycles. The first-order chi connectivity index (χ1) is 8.02. The fourth-order valence-electron chi connectivity index (χ4n) is 1.56. The Labute approximate surface area is 106 Å². The van der Waals surface area contributed by atoms with Crippen molar-refractivity contribution in [2.45, 2.75) is 65.7 Å². The summed E-state index contributed by atoms with van der Waals surface area (Å²) in [6, 6.07) is 0. The molecule has 100 valence electrons. The quantitative estimate of drug-likeness (QED) is 0.319. The molecule has 0 radical (unpaired) electrons. The summed E-state index contributed by atoms with van der Waals surface area (Å²) in [5.41, 5.74) is -0.155. The van der Waals surface area contributed by atoms with Crippen LogP contribution in [-0.2, 0) is 9.53 Å². The van der Waals surface area contributed by atoms with Gasteiger partial charge in [-0.05, 0) is 11.8 Å². The van der Waals surface area contributed by atoms with Gasteiger partial charge in [0.05, 0.1) is 13.0 Å². The van der Waals surface area contributed by atoms with Crippen LogP contribution in [0.3, 0.4) is 0 Å². The van der Waals surface area contributed by atoms with E-state index in [9.17, 15) is 4.79 Å². The van der Waals surface area contributed by atoms with E-state index >= 15 is 0 Å². The molecule has 0 aromatic rings. The van der Waals surface area contributed by atoms with Crippen LogP contribution in [0.4, 0.5) is 0 Å². The standard InChI is InChI=1S/C15H28O2/c1-5-7-8-9-10-11-12-17-14(16)13-15(3,4)6-2/h6H,2,5,7-13H2,1,3-4H3. The lowest BCUT2D eigenvalue weighted by Crippen LogP contribution is -2.16. The SMILES string of the molecule is C=CC(C)(C)CC(=O)OCCCCCCCC. The highest BCUT2D eigenvalue weighted by atomic mass is 16.5. The van der Waals surface area contributed by atoms with Crippen molar-refractivity contribution >= 4 is 5.97 Å². The number of carbonyl (C=O) groups excluding carboxylic acids is 1. The minimum atomic E-state index is -0.155. The van der Waals surface area contributed by atoms with Gasteiger partial charge in [0, 0.05) is 0 Å². The molecular formula is C15H28O2. The maximum Gasteiger partial charge on any atom is 0.306 e. The highest BCUT2D eigenvalue weighted by Crippen LogP contribution is 2.21. The Kier molecular flexibility index (Phi) is 8.83. The van der Waals surface area contributed by atoms with Crippen LogP contribution in [0.1, 0.15) is 65.7 Å². The van der Waals surface area contributed by atoms with E-state index in [-0.39, 0.29) is 11.4 Å². The monoisotopic (exact) mass is 240 g/mol. The van der Waals surface area contributed by atoms with Gasteiger partial charge in [0.25, 0.3) is 0 Å². The number of esters is 1. The van der Waals surface area contributed by atoms with Crippen molar-refractivity contribution in [1.29, 1.82) is 0 Å². The first-order valence-electron chi connectivity index (χ1n) is 6.81. The third-order valence-electron chi connectivity index (χ3n) is 2.91. The highest BCUT2D eigenvalue weighted by Gasteiger charge is 2.18. The van der Waals surface area contributed by atoms with Gasteiger partial charge < -0.3 is 4.74 Å². The van der Waals surface area contributed by atoms with E-state index in [1.165, 1.54) is 25.7 Å². The Hall–Kier alpha value is -0.790. The first-order valence-corrected chi connectivity index (χ1v) is 6.81. The Balaban J connectivity index is 3.43. The minimum Gasteiger partial charge on any atom is -0.466 e. The Morgan fingerprint density at radius 1 is 1.18 bits per heavy atom. The smallest absolute Gasteiger partial charge is 0.306 e. The Morgan fingerprint density at radius 2 is 1.76 bits per heavy atom. The van der Waals surface area contributed by atoms with Gasteiger partial charge in [-0.15, -0.1) is 6.58 Å².